The van der Waals surface area contributed by atoms with Crippen LogP contribution < -0.4 is 11.3 Å². The summed E-state index contributed by atoms with van der Waals surface area (Å²) < 4.78 is 3.80. The van der Waals surface area contributed by atoms with Crippen molar-refractivity contribution in [2.45, 2.75) is 6.04 Å². The molecular weight excluding hydrogens is 204 g/mol. The van der Waals surface area contributed by atoms with Gasteiger partial charge in [-0.3, -0.25) is 5.84 Å². The molecular formula is C7H8N4S2. The van der Waals surface area contributed by atoms with Crippen molar-refractivity contribution in [2.75, 3.05) is 0 Å². The molecule has 0 aliphatic heterocycles. The van der Waals surface area contributed by atoms with E-state index in [2.05, 4.69) is 15.0 Å². The summed E-state index contributed by atoms with van der Waals surface area (Å²) in [5, 5.41) is 9.92. The lowest BCUT2D eigenvalue weighted by molar-refractivity contribution is 0.620. The van der Waals surface area contributed by atoms with Gasteiger partial charge in [-0.2, -0.15) is 11.3 Å². The van der Waals surface area contributed by atoms with E-state index in [9.17, 15) is 0 Å². The largest absolute Gasteiger partial charge is 0.271 e. The normalized spacial score (nSPS) is 13.0. The average molecular weight is 212 g/mol. The van der Waals surface area contributed by atoms with Gasteiger partial charge in [0.15, 0.2) is 0 Å². The van der Waals surface area contributed by atoms with E-state index in [-0.39, 0.29) is 6.04 Å². The van der Waals surface area contributed by atoms with Crippen LogP contribution in [0.4, 0.5) is 0 Å². The number of hydrogen-bond acceptors (Lipinski definition) is 6. The van der Waals surface area contributed by atoms with Crippen molar-refractivity contribution >= 4 is 22.9 Å². The van der Waals surface area contributed by atoms with E-state index in [4.69, 9.17) is 5.84 Å². The highest BCUT2D eigenvalue weighted by Gasteiger charge is 2.14. The Kier molecular flexibility index (Phi) is 2.65. The van der Waals surface area contributed by atoms with E-state index >= 15 is 0 Å². The Labute approximate surface area is 83.5 Å². The summed E-state index contributed by atoms with van der Waals surface area (Å²) in [4.78, 5) is 0. The predicted octanol–water partition coefficient (Wildman–Crippen LogP) is 1.15. The SMILES string of the molecule is NNC(c1ccsc1)c1csnn1. The Bertz CT molecular complexity index is 308. The molecule has 6 heteroatoms. The highest BCUT2D eigenvalue weighted by molar-refractivity contribution is 7.08. The number of thiophene rings is 1. The lowest BCUT2D eigenvalue weighted by atomic mass is 10.1. The van der Waals surface area contributed by atoms with Crippen LogP contribution in [-0.2, 0) is 0 Å². The van der Waals surface area contributed by atoms with Crippen molar-refractivity contribution in [3.63, 3.8) is 0 Å². The van der Waals surface area contributed by atoms with E-state index in [1.807, 2.05) is 22.2 Å². The zero-order chi connectivity index (χ0) is 9.10. The fourth-order valence-electron chi connectivity index (χ4n) is 1.09. The first-order valence-corrected chi connectivity index (χ1v) is 5.45. The van der Waals surface area contributed by atoms with Crippen molar-refractivity contribution in [1.82, 2.24) is 15.0 Å². The number of nitrogens with one attached hydrogen (secondary N) is 1. The first-order valence-electron chi connectivity index (χ1n) is 3.67. The van der Waals surface area contributed by atoms with Crippen LogP contribution in [0.3, 0.4) is 0 Å². The molecule has 0 saturated carbocycles. The second kappa shape index (κ2) is 3.93. The molecule has 4 nitrogen and oxygen atoms in total. The molecule has 2 aromatic rings. The number of nitrogens with zero attached hydrogens (tertiary/aromatic N) is 2. The van der Waals surface area contributed by atoms with Crippen LogP contribution in [0.2, 0.25) is 0 Å². The number of aromatic nitrogens is 2. The van der Waals surface area contributed by atoms with Crippen LogP contribution in [0.5, 0.6) is 0 Å². The summed E-state index contributed by atoms with van der Waals surface area (Å²) in [6.07, 6.45) is 0. The first kappa shape index (κ1) is 8.76. The molecule has 2 aromatic heterocycles. The Morgan fingerprint density at radius 2 is 2.38 bits per heavy atom. The van der Waals surface area contributed by atoms with Gasteiger partial charge in [0.25, 0.3) is 0 Å². The van der Waals surface area contributed by atoms with Gasteiger partial charge < -0.3 is 0 Å². The van der Waals surface area contributed by atoms with Crippen molar-refractivity contribution in [3.05, 3.63) is 33.5 Å². The summed E-state index contributed by atoms with van der Waals surface area (Å²) in [7, 11) is 0. The average Bonchev–Trinajstić information content (AvgIpc) is 2.76. The van der Waals surface area contributed by atoms with Gasteiger partial charge >= 0.3 is 0 Å². The predicted molar refractivity (Wildman–Crippen MR) is 53.4 cm³/mol. The minimum absolute atomic E-state index is 0.0370. The summed E-state index contributed by atoms with van der Waals surface area (Å²) in [5.41, 5.74) is 4.71. The van der Waals surface area contributed by atoms with E-state index in [1.54, 1.807) is 11.3 Å². The highest BCUT2D eigenvalue weighted by atomic mass is 32.1. The van der Waals surface area contributed by atoms with Crippen LogP contribution >= 0.6 is 22.9 Å². The summed E-state index contributed by atoms with van der Waals surface area (Å²) >= 11 is 2.97. The third-order valence-electron chi connectivity index (χ3n) is 1.72. The molecule has 0 bridgehead atoms. The minimum Gasteiger partial charge on any atom is -0.271 e. The molecule has 0 aliphatic rings. The Balaban J connectivity index is 2.29. The fourth-order valence-corrected chi connectivity index (χ4v) is 2.26. The van der Waals surface area contributed by atoms with Crippen molar-refractivity contribution in [2.24, 2.45) is 5.84 Å². The second-order valence-electron chi connectivity index (χ2n) is 2.49. The molecule has 2 rings (SSSR count). The standard InChI is InChI=1S/C7H8N4S2/c8-9-7(5-1-2-12-3-5)6-4-13-11-10-6/h1-4,7,9H,8H2. The fraction of sp³-hybridized carbons (Fsp3) is 0.143. The zero-order valence-electron chi connectivity index (χ0n) is 6.68. The van der Waals surface area contributed by atoms with Gasteiger partial charge in [0.2, 0.25) is 0 Å². The quantitative estimate of drug-likeness (QED) is 0.592. The molecule has 0 aromatic carbocycles. The van der Waals surface area contributed by atoms with Gasteiger partial charge in [-0.05, 0) is 33.9 Å². The molecule has 0 amide bonds. The van der Waals surface area contributed by atoms with E-state index in [0.717, 1.165) is 11.3 Å². The molecule has 1 unspecified atom stereocenters. The Hall–Kier alpha value is -0.820. The van der Waals surface area contributed by atoms with Crippen molar-refractivity contribution in [3.8, 4) is 0 Å². The number of hydrogen-bond donors (Lipinski definition) is 2. The number of nitrogens with two attached hydrogens (primary N) is 1. The van der Waals surface area contributed by atoms with Gasteiger partial charge in [-0.15, -0.1) is 5.10 Å². The lowest BCUT2D eigenvalue weighted by Gasteiger charge is -2.10. The number of rotatable bonds is 3. The third kappa shape index (κ3) is 1.75. The maximum Gasteiger partial charge on any atom is 0.0983 e. The summed E-state index contributed by atoms with van der Waals surface area (Å²) in [5.74, 6) is 5.45. The van der Waals surface area contributed by atoms with Crippen LogP contribution in [0.1, 0.15) is 17.3 Å². The van der Waals surface area contributed by atoms with E-state index in [1.165, 1.54) is 11.5 Å². The van der Waals surface area contributed by atoms with Gasteiger partial charge in [0.05, 0.1) is 11.7 Å². The van der Waals surface area contributed by atoms with Crippen LogP contribution in [0.15, 0.2) is 22.2 Å². The monoisotopic (exact) mass is 212 g/mol. The number of hydrazine groups is 1. The summed E-state index contributed by atoms with van der Waals surface area (Å²) in [6, 6.07) is 1.99. The molecule has 0 fully saturated rings. The molecule has 13 heavy (non-hydrogen) atoms. The molecule has 68 valence electrons. The molecule has 3 N–H and O–H groups in total. The van der Waals surface area contributed by atoms with E-state index < -0.39 is 0 Å². The smallest absolute Gasteiger partial charge is 0.0983 e. The van der Waals surface area contributed by atoms with Gasteiger partial charge in [-0.1, -0.05) is 4.49 Å². The van der Waals surface area contributed by atoms with Crippen molar-refractivity contribution < 1.29 is 0 Å². The third-order valence-corrected chi connectivity index (χ3v) is 2.94. The molecule has 2 heterocycles. The molecule has 0 aliphatic carbocycles. The van der Waals surface area contributed by atoms with Gasteiger partial charge in [-0.25, -0.2) is 5.43 Å². The van der Waals surface area contributed by atoms with Crippen LogP contribution in [-0.4, -0.2) is 9.59 Å². The molecule has 0 radical (unpaired) electrons. The zero-order valence-corrected chi connectivity index (χ0v) is 8.31. The van der Waals surface area contributed by atoms with Gasteiger partial charge in [0, 0.05) is 5.38 Å². The highest BCUT2D eigenvalue weighted by Crippen LogP contribution is 2.21. The Morgan fingerprint density at radius 1 is 1.46 bits per heavy atom. The van der Waals surface area contributed by atoms with Gasteiger partial charge in [0.1, 0.15) is 0 Å². The molecule has 0 saturated heterocycles. The topological polar surface area (TPSA) is 63.8 Å². The second-order valence-corrected chi connectivity index (χ2v) is 3.88. The Morgan fingerprint density at radius 3 is 2.92 bits per heavy atom. The summed E-state index contributed by atoms with van der Waals surface area (Å²) in [6.45, 7) is 0. The lowest BCUT2D eigenvalue weighted by Crippen LogP contribution is -2.28. The first-order chi connectivity index (χ1) is 6.42. The van der Waals surface area contributed by atoms with Crippen molar-refractivity contribution in [1.29, 1.82) is 0 Å². The molecule has 0 spiro atoms. The van der Waals surface area contributed by atoms with E-state index in [0.29, 0.717) is 0 Å². The van der Waals surface area contributed by atoms with Crippen LogP contribution in [0, 0.1) is 0 Å². The maximum atomic E-state index is 5.45. The minimum atomic E-state index is -0.0370. The van der Waals surface area contributed by atoms with Crippen LogP contribution in [0.25, 0.3) is 0 Å². The molecule has 1 atom stereocenters. The maximum absolute atomic E-state index is 5.45.